The van der Waals surface area contributed by atoms with Crippen LogP contribution in [0.25, 0.3) is 12.2 Å². The summed E-state index contributed by atoms with van der Waals surface area (Å²) in [6, 6.07) is 22.9. The Balaban J connectivity index is 1.93. The van der Waals surface area contributed by atoms with Gasteiger partial charge in [-0.3, -0.25) is 0 Å². The average molecular weight is 308 g/mol. The Bertz CT molecular complexity index is 951. The van der Waals surface area contributed by atoms with Crippen molar-refractivity contribution in [3.8, 4) is 0 Å². The molecule has 0 saturated heterocycles. The number of hydrogen-bond acceptors (Lipinski definition) is 0. The molecule has 116 valence electrons. The first-order chi connectivity index (χ1) is 11.8. The van der Waals surface area contributed by atoms with Crippen LogP contribution < -0.4 is 10.4 Å². The maximum atomic E-state index is 2.42. The van der Waals surface area contributed by atoms with Crippen LogP contribution in [-0.2, 0) is 0 Å². The van der Waals surface area contributed by atoms with Gasteiger partial charge in [0.25, 0.3) is 0 Å². The zero-order chi connectivity index (χ0) is 16.3. The van der Waals surface area contributed by atoms with Crippen molar-refractivity contribution in [3.05, 3.63) is 104 Å². The molecule has 0 fully saturated rings. The predicted octanol–water partition coefficient (Wildman–Crippen LogP) is 4.27. The van der Waals surface area contributed by atoms with E-state index >= 15 is 0 Å². The molecule has 2 bridgehead atoms. The lowest BCUT2D eigenvalue weighted by Crippen LogP contribution is -2.33. The molecule has 0 nitrogen and oxygen atoms in total. The summed E-state index contributed by atoms with van der Waals surface area (Å²) in [5.74, 6) is 0.754. The fraction of sp³-hybridized carbons (Fsp3) is 0.167. The summed E-state index contributed by atoms with van der Waals surface area (Å²) < 4.78 is 0. The summed E-state index contributed by atoms with van der Waals surface area (Å²) in [7, 11) is 0. The van der Waals surface area contributed by atoms with E-state index in [1.807, 2.05) is 0 Å². The normalized spacial score (nSPS) is 21.4. The van der Waals surface area contributed by atoms with Crippen LogP contribution >= 0.6 is 0 Å². The Morgan fingerprint density at radius 1 is 0.542 bits per heavy atom. The van der Waals surface area contributed by atoms with Crippen molar-refractivity contribution in [1.29, 1.82) is 0 Å². The van der Waals surface area contributed by atoms with Gasteiger partial charge in [-0.25, -0.2) is 0 Å². The van der Waals surface area contributed by atoms with Crippen LogP contribution in [-0.4, -0.2) is 0 Å². The van der Waals surface area contributed by atoms with Crippen molar-refractivity contribution < 1.29 is 0 Å². The maximum Gasteiger partial charge on any atom is 0.0349 e. The van der Waals surface area contributed by atoms with Crippen LogP contribution in [0.1, 0.15) is 59.1 Å². The number of benzene rings is 3. The molecule has 3 aromatic carbocycles. The number of hydrogen-bond donors (Lipinski definition) is 0. The molecule has 0 amide bonds. The first-order valence-electron chi connectivity index (χ1n) is 8.77. The van der Waals surface area contributed by atoms with E-state index in [0.29, 0.717) is 11.8 Å². The molecule has 0 heteroatoms. The molecule has 0 spiro atoms. The van der Waals surface area contributed by atoms with E-state index in [4.69, 9.17) is 0 Å². The predicted molar refractivity (Wildman–Crippen MR) is 101 cm³/mol. The monoisotopic (exact) mass is 308 g/mol. The van der Waals surface area contributed by atoms with Gasteiger partial charge in [0, 0.05) is 11.8 Å². The average Bonchev–Trinajstić information content (AvgIpc) is 2.66. The summed E-state index contributed by atoms with van der Waals surface area (Å²) in [6.07, 6.45) is 4.46. The van der Waals surface area contributed by atoms with Crippen LogP contribution in [0.4, 0.5) is 0 Å². The van der Waals surface area contributed by atoms with Gasteiger partial charge in [-0.05, 0) is 57.7 Å². The van der Waals surface area contributed by atoms with E-state index in [9.17, 15) is 0 Å². The Labute approximate surface area is 142 Å². The van der Waals surface area contributed by atoms with Gasteiger partial charge in [0.2, 0.25) is 0 Å². The fourth-order valence-corrected chi connectivity index (χ4v) is 4.75. The third kappa shape index (κ3) is 1.63. The molecule has 0 aliphatic heterocycles. The van der Waals surface area contributed by atoms with Gasteiger partial charge in [0.05, 0.1) is 0 Å². The van der Waals surface area contributed by atoms with Crippen molar-refractivity contribution in [1.82, 2.24) is 0 Å². The largest absolute Gasteiger partial charge is 0.0798 e. The van der Waals surface area contributed by atoms with Crippen molar-refractivity contribution >= 4 is 12.2 Å². The molecule has 3 aromatic rings. The van der Waals surface area contributed by atoms with Gasteiger partial charge >= 0.3 is 0 Å². The Morgan fingerprint density at radius 2 is 0.875 bits per heavy atom. The van der Waals surface area contributed by atoms with E-state index in [1.54, 1.807) is 0 Å². The minimum Gasteiger partial charge on any atom is -0.0798 e. The van der Waals surface area contributed by atoms with E-state index in [-0.39, 0.29) is 0 Å². The van der Waals surface area contributed by atoms with Gasteiger partial charge in [-0.15, -0.1) is 0 Å². The highest BCUT2D eigenvalue weighted by atomic mass is 14.4. The van der Waals surface area contributed by atoms with Gasteiger partial charge < -0.3 is 0 Å². The zero-order valence-corrected chi connectivity index (χ0v) is 14.1. The summed E-state index contributed by atoms with van der Waals surface area (Å²) in [5.41, 5.74) is 8.95. The van der Waals surface area contributed by atoms with E-state index in [1.165, 1.54) is 43.8 Å². The van der Waals surface area contributed by atoms with Crippen LogP contribution in [0, 0.1) is 0 Å². The molecule has 24 heavy (non-hydrogen) atoms. The fourth-order valence-electron chi connectivity index (χ4n) is 4.75. The lowest BCUT2D eigenvalue weighted by molar-refractivity contribution is 0.752. The third-order valence-corrected chi connectivity index (χ3v) is 5.77. The highest BCUT2D eigenvalue weighted by molar-refractivity contribution is 5.68. The van der Waals surface area contributed by atoms with E-state index in [0.717, 1.165) is 0 Å². The molecule has 0 radical (unpaired) electrons. The zero-order valence-electron chi connectivity index (χ0n) is 14.1. The molecule has 0 unspecified atom stereocenters. The molecule has 0 N–H and O–H groups in total. The minimum atomic E-state index is 0.377. The summed E-state index contributed by atoms with van der Waals surface area (Å²) in [6.45, 7) is 4.27. The van der Waals surface area contributed by atoms with Crippen molar-refractivity contribution in [2.45, 2.75) is 25.7 Å². The van der Waals surface area contributed by atoms with Gasteiger partial charge in [-0.2, -0.15) is 0 Å². The quantitative estimate of drug-likeness (QED) is 0.401. The topological polar surface area (TPSA) is 0 Å². The highest BCUT2D eigenvalue weighted by Gasteiger charge is 2.40. The molecular weight excluding hydrogens is 288 g/mol. The van der Waals surface area contributed by atoms with Crippen molar-refractivity contribution in [2.75, 3.05) is 0 Å². The van der Waals surface area contributed by atoms with Gasteiger partial charge in [-0.1, -0.05) is 72.8 Å². The standard InChI is InChI=1S/C24H20/c1-3-15-13-21-22(14-16(15)4-2)24-19-11-7-5-9-17(19)23(21)18-10-6-8-12-20(18)24/h3-14,23-24H,1-2H3. The first kappa shape index (κ1) is 13.8. The number of rotatable bonds is 0. The first-order valence-corrected chi connectivity index (χ1v) is 8.77. The second kappa shape index (κ2) is 4.95. The Kier molecular flexibility index (Phi) is 2.84. The molecule has 0 heterocycles. The summed E-state index contributed by atoms with van der Waals surface area (Å²) in [4.78, 5) is 0. The molecule has 0 aromatic heterocycles. The van der Waals surface area contributed by atoms with Crippen LogP contribution in [0.15, 0.2) is 60.7 Å². The van der Waals surface area contributed by atoms with Crippen LogP contribution in [0.5, 0.6) is 0 Å². The summed E-state index contributed by atoms with van der Waals surface area (Å²) in [5, 5.41) is 2.69. The molecule has 0 atom stereocenters. The summed E-state index contributed by atoms with van der Waals surface area (Å²) >= 11 is 0. The maximum absolute atomic E-state index is 2.42. The Morgan fingerprint density at radius 3 is 1.17 bits per heavy atom. The lowest BCUT2D eigenvalue weighted by atomic mass is 9.61. The molecule has 3 aliphatic rings. The van der Waals surface area contributed by atoms with Crippen LogP contribution in [0.2, 0.25) is 0 Å². The molecular formula is C24H20. The molecule has 0 saturated carbocycles. The van der Waals surface area contributed by atoms with E-state index in [2.05, 4.69) is 86.7 Å². The smallest absolute Gasteiger partial charge is 0.0349 e. The molecule has 6 rings (SSSR count). The van der Waals surface area contributed by atoms with Crippen molar-refractivity contribution in [3.63, 3.8) is 0 Å². The molecule has 3 aliphatic carbocycles. The second-order valence-electron chi connectivity index (χ2n) is 6.81. The second-order valence-corrected chi connectivity index (χ2v) is 6.81. The van der Waals surface area contributed by atoms with Gasteiger partial charge in [0.15, 0.2) is 0 Å². The van der Waals surface area contributed by atoms with Gasteiger partial charge in [0.1, 0.15) is 0 Å². The lowest BCUT2D eigenvalue weighted by Gasteiger charge is -2.42. The van der Waals surface area contributed by atoms with E-state index < -0.39 is 0 Å². The highest BCUT2D eigenvalue weighted by Crippen LogP contribution is 2.54. The Hall–Kier alpha value is -2.60. The van der Waals surface area contributed by atoms with Crippen LogP contribution in [0.3, 0.4) is 0 Å². The SMILES string of the molecule is CC=c1cc2c(cc1=CC)C1c3ccccc3C2c2ccccc21. The van der Waals surface area contributed by atoms with Crippen molar-refractivity contribution in [2.24, 2.45) is 0 Å². The third-order valence-electron chi connectivity index (χ3n) is 5.77. The minimum absolute atomic E-state index is 0.377.